The molecule has 0 N–H and O–H groups in total. The molecule has 0 unspecified atom stereocenters. The van der Waals surface area contributed by atoms with E-state index < -0.39 is 7.36 Å². The summed E-state index contributed by atoms with van der Waals surface area (Å²) in [5, 5.41) is 14.9. The molecule has 10 heteroatoms. The highest BCUT2D eigenvalue weighted by Crippen LogP contribution is 2.58. The van der Waals surface area contributed by atoms with E-state index in [1.807, 2.05) is 0 Å². The summed E-state index contributed by atoms with van der Waals surface area (Å²) in [4.78, 5) is 13.1. The lowest BCUT2D eigenvalue weighted by atomic mass is 10.1. The smallest absolute Gasteiger partial charge is 0.269 e. The number of nitro groups is 1. The molecule has 0 atom stereocenters. The maximum absolute atomic E-state index is 11.3. The fourth-order valence-electron chi connectivity index (χ4n) is 5.57. The molecular formula is C31H34N5O4P. The molecule has 0 amide bonds. The lowest BCUT2D eigenvalue weighted by molar-refractivity contribution is -0.384. The third-order valence-corrected chi connectivity index (χ3v) is 11.7. The van der Waals surface area contributed by atoms with E-state index in [-0.39, 0.29) is 10.6 Å². The van der Waals surface area contributed by atoms with Crippen molar-refractivity contribution in [2.24, 2.45) is 4.74 Å². The van der Waals surface area contributed by atoms with Crippen LogP contribution in [0.2, 0.25) is 0 Å². The van der Waals surface area contributed by atoms with Gasteiger partial charge in [-0.2, -0.15) is 0 Å². The van der Waals surface area contributed by atoms with Crippen LogP contribution in [0.15, 0.2) is 95.7 Å². The Hall–Kier alpha value is -3.59. The molecule has 9 nitrogen and oxygen atoms in total. The van der Waals surface area contributed by atoms with Crippen molar-refractivity contribution in [3.8, 4) is 0 Å². The Morgan fingerprint density at radius 2 is 1.32 bits per heavy atom. The first kappa shape index (κ1) is 27.6. The topological polar surface area (TPSA) is 83.7 Å². The van der Waals surface area contributed by atoms with Gasteiger partial charge in [0.15, 0.2) is 0 Å². The molecule has 41 heavy (non-hydrogen) atoms. The predicted molar refractivity (Wildman–Crippen MR) is 165 cm³/mol. The molecule has 0 radical (unpaired) electrons. The van der Waals surface area contributed by atoms with Gasteiger partial charge in [-0.1, -0.05) is 30.3 Å². The highest BCUT2D eigenvalue weighted by atomic mass is 31.2. The van der Waals surface area contributed by atoms with Crippen LogP contribution in [-0.2, 0) is 9.47 Å². The molecular weight excluding hydrogens is 537 g/mol. The minimum atomic E-state index is -2.47. The average Bonchev–Trinajstić information content (AvgIpc) is 3.04. The number of hydrogen-bond acceptors (Lipinski definition) is 6. The van der Waals surface area contributed by atoms with Gasteiger partial charge in [-0.05, 0) is 59.3 Å². The zero-order chi connectivity index (χ0) is 28.2. The summed E-state index contributed by atoms with van der Waals surface area (Å²) >= 11 is 0. The molecule has 4 aromatic carbocycles. The molecule has 2 aliphatic heterocycles. The third kappa shape index (κ3) is 5.64. The molecule has 212 valence electrons. The number of rotatable bonds is 7. The Balaban J connectivity index is 1.43. The molecule has 6 rings (SSSR count). The van der Waals surface area contributed by atoms with Gasteiger partial charge >= 0.3 is 0 Å². The van der Waals surface area contributed by atoms with E-state index in [1.54, 1.807) is 12.1 Å². The minimum absolute atomic E-state index is 0.0618. The Morgan fingerprint density at radius 1 is 0.756 bits per heavy atom. The van der Waals surface area contributed by atoms with Crippen LogP contribution >= 0.6 is 7.36 Å². The van der Waals surface area contributed by atoms with Crippen LogP contribution in [-0.4, -0.2) is 73.9 Å². The quantitative estimate of drug-likeness (QED) is 0.149. The van der Waals surface area contributed by atoms with Crippen molar-refractivity contribution in [1.29, 1.82) is 0 Å². The second-order valence-electron chi connectivity index (χ2n) is 10.2. The maximum Gasteiger partial charge on any atom is 0.269 e. The molecule has 0 bridgehead atoms. The number of non-ortho nitro benzene ring substituents is 1. The summed E-state index contributed by atoms with van der Waals surface area (Å²) in [6.07, 6.45) is 0. The Labute approximate surface area is 240 Å². The van der Waals surface area contributed by atoms with E-state index in [0.29, 0.717) is 26.4 Å². The molecule has 0 aromatic heterocycles. The molecule has 0 aliphatic carbocycles. The highest BCUT2D eigenvalue weighted by molar-refractivity contribution is 7.69. The van der Waals surface area contributed by atoms with Gasteiger partial charge in [-0.15, -0.1) is 0 Å². The van der Waals surface area contributed by atoms with Gasteiger partial charge in [0.2, 0.25) is 0 Å². The second kappa shape index (κ2) is 12.1. The van der Waals surface area contributed by atoms with Gasteiger partial charge in [0.1, 0.15) is 7.36 Å². The van der Waals surface area contributed by atoms with Crippen LogP contribution in [0.1, 0.15) is 0 Å². The first-order valence-electron chi connectivity index (χ1n) is 13.9. The largest absolute Gasteiger partial charge is 0.379 e. The monoisotopic (exact) mass is 571 g/mol. The minimum Gasteiger partial charge on any atom is -0.379 e. The Morgan fingerprint density at radius 3 is 1.90 bits per heavy atom. The van der Waals surface area contributed by atoms with Gasteiger partial charge < -0.3 is 14.4 Å². The average molecular weight is 572 g/mol. The van der Waals surface area contributed by atoms with Crippen LogP contribution < -0.4 is 10.2 Å². The van der Waals surface area contributed by atoms with Crippen molar-refractivity contribution in [2.45, 2.75) is 0 Å². The highest BCUT2D eigenvalue weighted by Gasteiger charge is 2.38. The number of benzene rings is 4. The van der Waals surface area contributed by atoms with Crippen LogP contribution in [0.4, 0.5) is 22.7 Å². The van der Waals surface area contributed by atoms with Gasteiger partial charge in [0.05, 0.1) is 37.0 Å². The predicted octanol–water partition coefficient (Wildman–Crippen LogP) is 6.17. The van der Waals surface area contributed by atoms with Gasteiger partial charge in [0, 0.05) is 62.0 Å². The van der Waals surface area contributed by atoms with Crippen LogP contribution in [0.25, 0.3) is 10.8 Å². The van der Waals surface area contributed by atoms with Crippen LogP contribution in [0.5, 0.6) is 0 Å². The molecule has 2 saturated heterocycles. The van der Waals surface area contributed by atoms with Gasteiger partial charge in [-0.3, -0.25) is 10.1 Å². The van der Waals surface area contributed by atoms with Crippen molar-refractivity contribution in [1.82, 2.24) is 9.34 Å². The summed E-state index contributed by atoms with van der Waals surface area (Å²) < 4.78 is 21.9. The maximum atomic E-state index is 11.3. The molecule has 0 saturated carbocycles. The first-order valence-corrected chi connectivity index (χ1v) is 15.6. The van der Waals surface area contributed by atoms with Gasteiger partial charge in [0.25, 0.3) is 5.69 Å². The van der Waals surface area contributed by atoms with Crippen molar-refractivity contribution < 1.29 is 14.4 Å². The van der Waals surface area contributed by atoms with E-state index in [2.05, 4.69) is 88.0 Å². The van der Waals surface area contributed by atoms with Gasteiger partial charge in [-0.25, -0.2) is 14.1 Å². The van der Waals surface area contributed by atoms with Crippen molar-refractivity contribution >= 4 is 46.2 Å². The molecule has 2 heterocycles. The molecule has 2 aliphatic rings. The number of anilines is 2. The van der Waals surface area contributed by atoms with E-state index in [9.17, 15) is 10.1 Å². The Bertz CT molecular complexity index is 1540. The molecule has 2 fully saturated rings. The van der Waals surface area contributed by atoms with Crippen LogP contribution in [0.3, 0.4) is 0 Å². The molecule has 4 aromatic rings. The zero-order valence-corrected chi connectivity index (χ0v) is 24.0. The number of ether oxygens (including phenoxy) is 2. The lowest BCUT2D eigenvalue weighted by Gasteiger charge is -2.46. The van der Waals surface area contributed by atoms with E-state index >= 15 is 0 Å². The lowest BCUT2D eigenvalue weighted by Crippen LogP contribution is -2.46. The normalized spacial score (nSPS) is 16.9. The summed E-state index contributed by atoms with van der Waals surface area (Å²) in [6, 6.07) is 30.3. The standard InChI is InChI=1S/C31H34N5O4P/c1-33(30-9-6-25-4-2-3-5-26(25)24-30)28-12-14-31(15-13-28)41(34-16-20-39-21-17-34,35-18-22-40-23-19-35)32-27-7-10-29(11-8-27)36(37)38/h2-15,24H,16-23H2,1H3. The van der Waals surface area contributed by atoms with E-state index in [4.69, 9.17) is 14.2 Å². The Kier molecular flexibility index (Phi) is 8.14. The summed E-state index contributed by atoms with van der Waals surface area (Å²) in [6.45, 7) is 5.63. The van der Waals surface area contributed by atoms with Crippen molar-refractivity contribution in [3.05, 3.63) is 101 Å². The third-order valence-electron chi connectivity index (χ3n) is 7.78. The van der Waals surface area contributed by atoms with Crippen LogP contribution in [0, 0.1) is 10.1 Å². The number of morpholine rings is 2. The molecule has 0 spiro atoms. The van der Waals surface area contributed by atoms with E-state index in [1.165, 1.54) is 22.9 Å². The SMILES string of the molecule is CN(c1ccc(P(=Nc2ccc([N+](=O)[O-])cc2)(N2CCOCC2)N2CCOCC2)cc1)c1ccc2ccccc2c1. The number of fused-ring (bicyclic) bond motifs is 1. The van der Waals surface area contributed by atoms with Crippen molar-refractivity contribution in [3.63, 3.8) is 0 Å². The summed E-state index contributed by atoms with van der Waals surface area (Å²) in [5.41, 5.74) is 3.00. The second-order valence-corrected chi connectivity index (χ2v) is 13.2. The van der Waals surface area contributed by atoms with Crippen molar-refractivity contribution in [2.75, 3.05) is 64.6 Å². The number of nitro benzene ring substituents is 1. The number of nitrogens with zero attached hydrogens (tertiary/aromatic N) is 5. The summed E-state index contributed by atoms with van der Waals surface area (Å²) in [5.74, 6) is 0. The zero-order valence-electron chi connectivity index (χ0n) is 23.1. The fraction of sp³-hybridized carbons (Fsp3) is 0.290. The first-order chi connectivity index (χ1) is 20.0. The van der Waals surface area contributed by atoms with E-state index in [0.717, 1.165) is 48.5 Å². The number of hydrogen-bond donors (Lipinski definition) is 0. The fourth-order valence-corrected chi connectivity index (χ4v) is 9.39. The summed E-state index contributed by atoms with van der Waals surface area (Å²) in [7, 11) is -0.381.